The first-order chi connectivity index (χ1) is 12.3. The maximum Gasteiger partial charge on any atom is 0.195 e. The fraction of sp³-hybridized carbons (Fsp3) is 0.400. The zero-order chi connectivity index (χ0) is 17.0. The Labute approximate surface area is 146 Å². The van der Waals surface area contributed by atoms with Crippen LogP contribution in [0.2, 0.25) is 0 Å². The summed E-state index contributed by atoms with van der Waals surface area (Å²) >= 11 is 0. The van der Waals surface area contributed by atoms with Gasteiger partial charge < -0.3 is 0 Å². The molecular weight excluding hydrogens is 312 g/mol. The molecule has 25 heavy (non-hydrogen) atoms. The van der Waals surface area contributed by atoms with Gasteiger partial charge in [0.25, 0.3) is 0 Å². The van der Waals surface area contributed by atoms with Crippen molar-refractivity contribution in [2.75, 3.05) is 0 Å². The second-order valence-electron chi connectivity index (χ2n) is 7.20. The van der Waals surface area contributed by atoms with Crippen LogP contribution in [-0.4, -0.2) is 20.5 Å². The fourth-order valence-corrected chi connectivity index (χ4v) is 4.69. The van der Waals surface area contributed by atoms with Crippen LogP contribution >= 0.6 is 0 Å². The minimum absolute atomic E-state index is 0.0476. The predicted octanol–water partition coefficient (Wildman–Crippen LogP) is 3.90. The molecule has 2 aromatic heterocycles. The van der Waals surface area contributed by atoms with Gasteiger partial charge in [0.2, 0.25) is 0 Å². The highest BCUT2D eigenvalue weighted by Gasteiger charge is 2.38. The number of carbonyl (C=O) groups excluding carboxylic acids is 1. The van der Waals surface area contributed by atoms with E-state index in [4.69, 9.17) is 0 Å². The Bertz CT molecular complexity index is 943. The summed E-state index contributed by atoms with van der Waals surface area (Å²) in [6.07, 6.45) is 12.8. The molecule has 5 heteroatoms. The third-order valence-corrected chi connectivity index (χ3v) is 5.90. The number of Topliss-reactive ketones (excluding diaryl/α,β-unsaturated/α-hetero) is 1. The molecule has 1 fully saturated rings. The van der Waals surface area contributed by atoms with Crippen LogP contribution in [0, 0.1) is 17.2 Å². The number of allylic oxidation sites excluding steroid dienone is 1. The average Bonchev–Trinajstić information content (AvgIpc) is 3.37. The van der Waals surface area contributed by atoms with Crippen LogP contribution < -0.4 is 0 Å². The zero-order valence-electron chi connectivity index (χ0n) is 13.9. The van der Waals surface area contributed by atoms with Crippen LogP contribution in [-0.2, 0) is 0 Å². The van der Waals surface area contributed by atoms with E-state index in [1.165, 1.54) is 12.8 Å². The number of nitriles is 1. The Hall–Kier alpha value is -2.74. The van der Waals surface area contributed by atoms with E-state index < -0.39 is 0 Å². The van der Waals surface area contributed by atoms with Crippen LogP contribution in [0.3, 0.4) is 0 Å². The van der Waals surface area contributed by atoms with Crippen molar-refractivity contribution >= 4 is 11.9 Å². The monoisotopic (exact) mass is 330 g/mol. The minimum Gasteiger partial charge on any atom is -0.291 e. The van der Waals surface area contributed by atoms with Gasteiger partial charge in [-0.15, -0.1) is 0 Å². The number of carbonyl (C=O) groups is 1. The Morgan fingerprint density at radius 1 is 1.32 bits per heavy atom. The van der Waals surface area contributed by atoms with E-state index in [2.05, 4.69) is 16.2 Å². The molecule has 3 aliphatic rings. The van der Waals surface area contributed by atoms with Crippen LogP contribution in [0.25, 0.3) is 17.2 Å². The number of fused-ring (bicyclic) bond motifs is 2. The predicted molar refractivity (Wildman–Crippen MR) is 92.8 cm³/mol. The van der Waals surface area contributed by atoms with Gasteiger partial charge >= 0.3 is 0 Å². The standard InChI is InChI=1S/C20H18N4O/c21-9-7-17(12-3-1-2-4-12)24-11-15-13-8-10-22-16-6-5-14(18(13)16)20(25)19(15)23-24/h5-6,8,10-12,14,17H,1-4,7H2/t14?,17-/m0/s1. The molecule has 0 radical (unpaired) electrons. The molecule has 0 amide bonds. The highest BCUT2D eigenvalue weighted by atomic mass is 16.1. The Balaban J connectivity index is 1.63. The summed E-state index contributed by atoms with van der Waals surface area (Å²) in [4.78, 5) is 17.3. The van der Waals surface area contributed by atoms with Gasteiger partial charge in [-0.05, 0) is 36.5 Å². The summed E-state index contributed by atoms with van der Waals surface area (Å²) < 4.78 is 1.90. The van der Waals surface area contributed by atoms with Crippen molar-refractivity contribution in [3.8, 4) is 17.2 Å². The number of hydrogen-bond acceptors (Lipinski definition) is 4. The topological polar surface area (TPSA) is 71.6 Å². The minimum atomic E-state index is -0.254. The Morgan fingerprint density at radius 3 is 2.96 bits per heavy atom. The molecule has 5 nitrogen and oxygen atoms in total. The van der Waals surface area contributed by atoms with Gasteiger partial charge in [0.1, 0.15) is 5.69 Å². The van der Waals surface area contributed by atoms with Gasteiger partial charge in [-0.1, -0.05) is 18.9 Å². The number of ketones is 1. The van der Waals surface area contributed by atoms with Crippen molar-refractivity contribution < 1.29 is 4.79 Å². The lowest BCUT2D eigenvalue weighted by Gasteiger charge is -2.21. The van der Waals surface area contributed by atoms with E-state index >= 15 is 0 Å². The number of nitrogens with zero attached hydrogens (tertiary/aromatic N) is 4. The summed E-state index contributed by atoms with van der Waals surface area (Å²) in [6, 6.07) is 4.36. The lowest BCUT2D eigenvalue weighted by atomic mass is 9.83. The van der Waals surface area contributed by atoms with E-state index in [0.717, 1.165) is 35.2 Å². The second-order valence-corrected chi connectivity index (χ2v) is 7.20. The number of pyridine rings is 1. The molecular formula is C20H18N4O. The van der Waals surface area contributed by atoms with Gasteiger partial charge in [0.05, 0.1) is 30.1 Å². The third kappa shape index (κ3) is 2.03. The van der Waals surface area contributed by atoms with Crippen LogP contribution in [0.5, 0.6) is 0 Å². The summed E-state index contributed by atoms with van der Waals surface area (Å²) in [5.74, 6) is 0.272. The van der Waals surface area contributed by atoms with Crippen molar-refractivity contribution in [1.82, 2.24) is 14.8 Å². The average molecular weight is 330 g/mol. The molecule has 0 aliphatic heterocycles. The summed E-state index contributed by atoms with van der Waals surface area (Å²) in [7, 11) is 0. The van der Waals surface area contributed by atoms with Crippen molar-refractivity contribution in [3.63, 3.8) is 0 Å². The van der Waals surface area contributed by atoms with Crippen molar-refractivity contribution in [3.05, 3.63) is 41.5 Å². The molecule has 124 valence electrons. The fourth-order valence-electron chi connectivity index (χ4n) is 4.69. The molecule has 2 atom stereocenters. The number of aromatic nitrogens is 3. The number of rotatable bonds is 3. The highest BCUT2D eigenvalue weighted by molar-refractivity contribution is 6.11. The summed E-state index contributed by atoms with van der Waals surface area (Å²) in [5, 5.41) is 14.0. The van der Waals surface area contributed by atoms with Gasteiger partial charge in [0, 0.05) is 23.5 Å². The molecule has 1 unspecified atom stereocenters. The van der Waals surface area contributed by atoms with Crippen molar-refractivity contribution in [1.29, 1.82) is 5.26 Å². The molecule has 2 heterocycles. The number of hydrogen-bond donors (Lipinski definition) is 0. The first-order valence-electron chi connectivity index (χ1n) is 8.95. The molecule has 1 saturated carbocycles. The molecule has 0 bridgehead atoms. The van der Waals surface area contributed by atoms with Crippen LogP contribution in [0.4, 0.5) is 0 Å². The molecule has 5 rings (SSSR count). The maximum absolute atomic E-state index is 12.9. The van der Waals surface area contributed by atoms with E-state index in [1.54, 1.807) is 6.20 Å². The van der Waals surface area contributed by atoms with Crippen LogP contribution in [0.1, 0.15) is 65.8 Å². The van der Waals surface area contributed by atoms with Gasteiger partial charge in [-0.2, -0.15) is 10.4 Å². The quantitative estimate of drug-likeness (QED) is 0.855. The van der Waals surface area contributed by atoms with E-state index in [1.807, 2.05) is 29.1 Å². The molecule has 0 N–H and O–H groups in total. The third-order valence-electron chi connectivity index (χ3n) is 5.90. The Kier molecular flexibility index (Phi) is 3.14. The molecule has 2 aromatic rings. The lowest BCUT2D eigenvalue weighted by Crippen LogP contribution is -2.19. The van der Waals surface area contributed by atoms with Crippen molar-refractivity contribution in [2.45, 2.75) is 44.1 Å². The normalized spacial score (nSPS) is 21.9. The first kappa shape index (κ1) is 14.6. The molecule has 0 spiro atoms. The second kappa shape index (κ2) is 5.38. The van der Waals surface area contributed by atoms with Gasteiger partial charge in [-0.25, -0.2) is 0 Å². The largest absolute Gasteiger partial charge is 0.291 e. The van der Waals surface area contributed by atoms with E-state index in [9.17, 15) is 10.1 Å². The van der Waals surface area contributed by atoms with E-state index in [-0.39, 0.29) is 17.7 Å². The van der Waals surface area contributed by atoms with Crippen LogP contribution in [0.15, 0.2) is 24.5 Å². The maximum atomic E-state index is 12.9. The van der Waals surface area contributed by atoms with E-state index in [0.29, 0.717) is 18.0 Å². The first-order valence-corrected chi connectivity index (χ1v) is 8.95. The summed E-state index contributed by atoms with van der Waals surface area (Å²) in [5.41, 5.74) is 4.39. The van der Waals surface area contributed by atoms with Gasteiger partial charge in [-0.3, -0.25) is 14.5 Å². The summed E-state index contributed by atoms with van der Waals surface area (Å²) in [6.45, 7) is 0. The van der Waals surface area contributed by atoms with Gasteiger partial charge in [0.15, 0.2) is 5.78 Å². The lowest BCUT2D eigenvalue weighted by molar-refractivity contribution is 0.0969. The smallest absolute Gasteiger partial charge is 0.195 e. The molecule has 3 aliphatic carbocycles. The molecule has 0 aromatic carbocycles. The Morgan fingerprint density at radius 2 is 2.16 bits per heavy atom. The highest BCUT2D eigenvalue weighted by Crippen LogP contribution is 2.45. The SMILES string of the molecule is N#CC[C@@H](C1CCCC1)n1cc2c(n1)C(=O)C1C=Cc3nccc-2c31. The van der Waals surface area contributed by atoms with Crippen molar-refractivity contribution in [2.24, 2.45) is 5.92 Å². The zero-order valence-corrected chi connectivity index (χ0v) is 13.9. The molecule has 0 saturated heterocycles.